The van der Waals surface area contributed by atoms with E-state index < -0.39 is 0 Å². The van der Waals surface area contributed by atoms with Crippen LogP contribution in [0, 0.1) is 0 Å². The molecule has 2 N–H and O–H groups in total. The fourth-order valence-electron chi connectivity index (χ4n) is 2.95. The molecule has 1 aromatic rings. The van der Waals surface area contributed by atoms with E-state index in [9.17, 15) is 4.79 Å². The molecule has 0 aromatic heterocycles. The fraction of sp³-hybridized carbons (Fsp3) is 0.562. The first kappa shape index (κ1) is 14.0. The van der Waals surface area contributed by atoms with Gasteiger partial charge in [-0.05, 0) is 56.5 Å². The molecule has 1 heterocycles. The molecular weight excluding hydrogens is 268 g/mol. The van der Waals surface area contributed by atoms with Gasteiger partial charge in [0.05, 0.1) is 6.04 Å². The summed E-state index contributed by atoms with van der Waals surface area (Å²) in [5, 5.41) is 7.00. The minimum Gasteiger partial charge on any atom is -0.325 e. The van der Waals surface area contributed by atoms with Crippen molar-refractivity contribution in [3.05, 3.63) is 24.3 Å². The summed E-state index contributed by atoms with van der Waals surface area (Å²) in [7, 11) is 0. The zero-order valence-corrected chi connectivity index (χ0v) is 12.5. The van der Waals surface area contributed by atoms with Crippen molar-refractivity contribution in [1.82, 2.24) is 5.32 Å². The topological polar surface area (TPSA) is 41.1 Å². The lowest BCUT2D eigenvalue weighted by Gasteiger charge is -2.12. The SMILES string of the molecule is O=C(Nc1ccc(SC2CCCC2)cc1)C1CCCN1. The Morgan fingerprint density at radius 2 is 1.85 bits per heavy atom. The van der Waals surface area contributed by atoms with Crippen LogP contribution in [0.4, 0.5) is 5.69 Å². The van der Waals surface area contributed by atoms with Gasteiger partial charge in [0, 0.05) is 15.8 Å². The first-order valence-corrected chi connectivity index (χ1v) is 8.50. The largest absolute Gasteiger partial charge is 0.325 e. The molecule has 1 aliphatic carbocycles. The Balaban J connectivity index is 1.53. The zero-order valence-electron chi connectivity index (χ0n) is 11.7. The van der Waals surface area contributed by atoms with Crippen LogP contribution in [0.3, 0.4) is 0 Å². The monoisotopic (exact) mass is 290 g/mol. The standard InChI is InChI=1S/C16H22N2OS/c19-16(15-6-3-11-17-15)18-12-7-9-14(10-8-12)20-13-4-1-2-5-13/h7-10,13,15,17H,1-6,11H2,(H,18,19). The first-order chi connectivity index (χ1) is 9.81. The minimum absolute atomic E-state index is 0.0115. The Bertz CT molecular complexity index is 448. The van der Waals surface area contributed by atoms with Crippen molar-refractivity contribution in [2.75, 3.05) is 11.9 Å². The van der Waals surface area contributed by atoms with E-state index in [1.165, 1.54) is 30.6 Å². The molecule has 1 amide bonds. The lowest BCUT2D eigenvalue weighted by atomic mass is 10.2. The van der Waals surface area contributed by atoms with Crippen LogP contribution in [0.5, 0.6) is 0 Å². The molecule has 1 aromatic carbocycles. The Hall–Kier alpha value is -1.00. The predicted molar refractivity (Wildman–Crippen MR) is 84.2 cm³/mol. The van der Waals surface area contributed by atoms with E-state index in [1.807, 2.05) is 23.9 Å². The molecule has 0 bridgehead atoms. The summed E-state index contributed by atoms with van der Waals surface area (Å²) in [5.41, 5.74) is 0.902. The van der Waals surface area contributed by atoms with Crippen LogP contribution < -0.4 is 10.6 Å². The Labute approximate surface area is 124 Å². The molecule has 3 rings (SSSR count). The Kier molecular flexibility index (Phi) is 4.63. The van der Waals surface area contributed by atoms with Gasteiger partial charge in [0.2, 0.25) is 5.91 Å². The molecule has 2 aliphatic rings. The third-order valence-electron chi connectivity index (χ3n) is 4.10. The molecule has 4 heteroatoms. The number of nitrogens with one attached hydrogen (secondary N) is 2. The highest BCUT2D eigenvalue weighted by molar-refractivity contribution is 8.00. The number of anilines is 1. The summed E-state index contributed by atoms with van der Waals surface area (Å²) >= 11 is 1.98. The van der Waals surface area contributed by atoms with E-state index in [-0.39, 0.29) is 11.9 Å². The van der Waals surface area contributed by atoms with E-state index in [0.29, 0.717) is 0 Å². The van der Waals surface area contributed by atoms with Crippen LogP contribution >= 0.6 is 11.8 Å². The van der Waals surface area contributed by atoms with Gasteiger partial charge in [-0.15, -0.1) is 11.8 Å². The fourth-order valence-corrected chi connectivity index (χ4v) is 4.20. The average molecular weight is 290 g/mol. The van der Waals surface area contributed by atoms with Crippen molar-refractivity contribution in [1.29, 1.82) is 0 Å². The van der Waals surface area contributed by atoms with E-state index in [4.69, 9.17) is 0 Å². The number of benzene rings is 1. The number of hydrogen-bond acceptors (Lipinski definition) is 3. The van der Waals surface area contributed by atoms with Gasteiger partial charge in [-0.2, -0.15) is 0 Å². The second kappa shape index (κ2) is 6.64. The van der Waals surface area contributed by atoms with Crippen LogP contribution in [0.2, 0.25) is 0 Å². The Morgan fingerprint density at radius 1 is 1.10 bits per heavy atom. The van der Waals surface area contributed by atoms with Crippen LogP contribution in [0.25, 0.3) is 0 Å². The second-order valence-corrected chi connectivity index (χ2v) is 7.06. The molecule has 0 spiro atoms. The summed E-state index contributed by atoms with van der Waals surface area (Å²) in [6.45, 7) is 0.953. The highest BCUT2D eigenvalue weighted by Crippen LogP contribution is 2.34. The molecule has 1 aliphatic heterocycles. The summed E-state index contributed by atoms with van der Waals surface area (Å²) in [6.07, 6.45) is 7.48. The highest BCUT2D eigenvalue weighted by atomic mass is 32.2. The van der Waals surface area contributed by atoms with E-state index in [1.54, 1.807) is 0 Å². The quantitative estimate of drug-likeness (QED) is 0.893. The predicted octanol–water partition coefficient (Wildman–Crippen LogP) is 3.41. The lowest BCUT2D eigenvalue weighted by Crippen LogP contribution is -2.35. The number of thioether (sulfide) groups is 1. The molecular formula is C16H22N2OS. The molecule has 108 valence electrons. The van der Waals surface area contributed by atoms with Crippen LogP contribution in [-0.4, -0.2) is 23.7 Å². The molecule has 1 saturated carbocycles. The van der Waals surface area contributed by atoms with Crippen molar-refractivity contribution in [2.24, 2.45) is 0 Å². The van der Waals surface area contributed by atoms with Gasteiger partial charge in [0.25, 0.3) is 0 Å². The van der Waals surface area contributed by atoms with Crippen LogP contribution in [0.1, 0.15) is 38.5 Å². The molecule has 1 unspecified atom stereocenters. The van der Waals surface area contributed by atoms with Crippen LogP contribution in [-0.2, 0) is 4.79 Å². The molecule has 3 nitrogen and oxygen atoms in total. The third-order valence-corrected chi connectivity index (χ3v) is 5.45. The minimum atomic E-state index is -0.0115. The van der Waals surface area contributed by atoms with Gasteiger partial charge < -0.3 is 10.6 Å². The van der Waals surface area contributed by atoms with Crippen molar-refractivity contribution < 1.29 is 4.79 Å². The number of carbonyl (C=O) groups is 1. The number of hydrogen-bond donors (Lipinski definition) is 2. The maximum Gasteiger partial charge on any atom is 0.241 e. The number of carbonyl (C=O) groups excluding carboxylic acids is 1. The summed E-state index contributed by atoms with van der Waals surface area (Å²) < 4.78 is 0. The molecule has 0 radical (unpaired) electrons. The average Bonchev–Trinajstić information content (AvgIpc) is 3.13. The van der Waals surface area contributed by atoms with Gasteiger partial charge in [0.1, 0.15) is 0 Å². The van der Waals surface area contributed by atoms with Crippen molar-refractivity contribution in [3.8, 4) is 0 Å². The number of rotatable bonds is 4. The first-order valence-electron chi connectivity index (χ1n) is 7.62. The molecule has 1 saturated heterocycles. The van der Waals surface area contributed by atoms with Gasteiger partial charge in [0.15, 0.2) is 0 Å². The van der Waals surface area contributed by atoms with Crippen LogP contribution in [0.15, 0.2) is 29.2 Å². The third kappa shape index (κ3) is 3.55. The van der Waals surface area contributed by atoms with Gasteiger partial charge in [-0.1, -0.05) is 12.8 Å². The summed E-state index contributed by atoms with van der Waals surface area (Å²) in [4.78, 5) is 13.3. The van der Waals surface area contributed by atoms with Crippen molar-refractivity contribution >= 4 is 23.4 Å². The van der Waals surface area contributed by atoms with Crippen molar-refractivity contribution in [2.45, 2.75) is 54.7 Å². The summed E-state index contributed by atoms with van der Waals surface area (Å²) in [6, 6.07) is 8.28. The smallest absolute Gasteiger partial charge is 0.241 e. The Morgan fingerprint density at radius 3 is 2.50 bits per heavy atom. The van der Waals surface area contributed by atoms with E-state index in [0.717, 1.165) is 30.3 Å². The molecule has 20 heavy (non-hydrogen) atoms. The van der Waals surface area contributed by atoms with Gasteiger partial charge in [-0.25, -0.2) is 0 Å². The maximum absolute atomic E-state index is 12.0. The number of amides is 1. The normalized spacial score (nSPS) is 23.1. The van der Waals surface area contributed by atoms with Crippen molar-refractivity contribution in [3.63, 3.8) is 0 Å². The molecule has 1 atom stereocenters. The summed E-state index contributed by atoms with van der Waals surface area (Å²) in [5.74, 6) is 0.0960. The maximum atomic E-state index is 12.0. The zero-order chi connectivity index (χ0) is 13.8. The van der Waals surface area contributed by atoms with E-state index in [2.05, 4.69) is 22.8 Å². The van der Waals surface area contributed by atoms with E-state index >= 15 is 0 Å². The second-order valence-electron chi connectivity index (χ2n) is 5.69. The lowest BCUT2D eigenvalue weighted by molar-refractivity contribution is -0.117. The van der Waals surface area contributed by atoms with Gasteiger partial charge in [-0.3, -0.25) is 4.79 Å². The molecule has 2 fully saturated rings. The highest BCUT2D eigenvalue weighted by Gasteiger charge is 2.22. The van der Waals surface area contributed by atoms with Gasteiger partial charge >= 0.3 is 0 Å².